The Hall–Kier alpha value is -1.62. The molecule has 0 aliphatic heterocycles. The predicted octanol–water partition coefficient (Wildman–Crippen LogP) is 2.10. The molecule has 0 bridgehead atoms. The summed E-state index contributed by atoms with van der Waals surface area (Å²) in [6.45, 7) is 0. The molecule has 0 aliphatic rings. The van der Waals surface area contributed by atoms with E-state index < -0.39 is 0 Å². The van der Waals surface area contributed by atoms with Crippen LogP contribution in [0.3, 0.4) is 0 Å². The highest BCUT2D eigenvalue weighted by Gasteiger charge is 2.01. The molecule has 0 fully saturated rings. The monoisotopic (exact) mass is 181 g/mol. The summed E-state index contributed by atoms with van der Waals surface area (Å²) in [7, 11) is 3.28. The van der Waals surface area contributed by atoms with Crippen LogP contribution in [0.4, 0.5) is 17.1 Å². The average molecular weight is 181 g/mol. The second kappa shape index (κ2) is 4.42. The first-order valence-electron chi connectivity index (χ1n) is 3.76. The lowest BCUT2D eigenvalue weighted by atomic mass is 10.2. The second-order valence-corrected chi connectivity index (χ2v) is 2.38. The van der Waals surface area contributed by atoms with E-state index in [4.69, 9.17) is 4.84 Å². The van der Waals surface area contributed by atoms with Gasteiger partial charge in [-0.3, -0.25) is 10.3 Å². The van der Waals surface area contributed by atoms with Gasteiger partial charge in [-0.2, -0.15) is 0 Å². The first-order valence-corrected chi connectivity index (χ1v) is 3.76. The largest absolute Gasteiger partial charge is 0.386 e. The third-order valence-electron chi connectivity index (χ3n) is 1.59. The number of hydrogen-bond acceptors (Lipinski definition) is 5. The van der Waals surface area contributed by atoms with Gasteiger partial charge >= 0.3 is 0 Å². The van der Waals surface area contributed by atoms with Crippen LogP contribution in [-0.2, 0) is 4.84 Å². The Balaban J connectivity index is 3.02. The van der Waals surface area contributed by atoms with E-state index in [1.165, 1.54) is 7.11 Å². The zero-order valence-corrected chi connectivity index (χ0v) is 7.50. The molecule has 0 aliphatic carbocycles. The zero-order chi connectivity index (χ0) is 9.68. The van der Waals surface area contributed by atoms with Crippen LogP contribution in [0.5, 0.6) is 0 Å². The third kappa shape index (κ3) is 2.16. The van der Waals surface area contributed by atoms with Crippen molar-refractivity contribution in [3.8, 4) is 0 Å². The summed E-state index contributed by atoms with van der Waals surface area (Å²) in [5.41, 5.74) is 4.52. The Morgan fingerprint density at radius 1 is 1.38 bits per heavy atom. The highest BCUT2D eigenvalue weighted by molar-refractivity contribution is 5.71. The Morgan fingerprint density at radius 3 is 2.69 bits per heavy atom. The molecule has 0 saturated heterocycles. The van der Waals surface area contributed by atoms with Crippen molar-refractivity contribution in [2.24, 2.45) is 5.18 Å². The normalized spacial score (nSPS) is 9.38. The van der Waals surface area contributed by atoms with E-state index >= 15 is 0 Å². The van der Waals surface area contributed by atoms with Crippen molar-refractivity contribution in [2.75, 3.05) is 25.0 Å². The fourth-order valence-electron chi connectivity index (χ4n) is 1.00. The number of nitroso groups, excluding NO2 is 1. The lowest BCUT2D eigenvalue weighted by Crippen LogP contribution is -1.99. The fourth-order valence-corrected chi connectivity index (χ4v) is 1.00. The Bertz CT molecular complexity index is 301. The van der Waals surface area contributed by atoms with Gasteiger partial charge in [-0.1, -0.05) is 0 Å². The van der Waals surface area contributed by atoms with Gasteiger partial charge < -0.3 is 5.32 Å². The first kappa shape index (κ1) is 9.47. The number of benzene rings is 1. The molecule has 1 aromatic rings. The quantitative estimate of drug-likeness (QED) is 0.551. The van der Waals surface area contributed by atoms with Gasteiger partial charge in [0.1, 0.15) is 5.69 Å². The molecule has 13 heavy (non-hydrogen) atoms. The summed E-state index contributed by atoms with van der Waals surface area (Å²) in [6, 6.07) is 4.97. The number of anilines is 2. The average Bonchev–Trinajstić information content (AvgIpc) is 2.18. The van der Waals surface area contributed by atoms with E-state index in [1.807, 2.05) is 0 Å². The molecule has 0 unspecified atom stereocenters. The Labute approximate surface area is 76.0 Å². The highest BCUT2D eigenvalue weighted by Crippen LogP contribution is 2.26. The molecule has 0 radical (unpaired) electrons. The number of hydrogen-bond donors (Lipinski definition) is 2. The summed E-state index contributed by atoms with van der Waals surface area (Å²) >= 11 is 0. The molecule has 0 heterocycles. The van der Waals surface area contributed by atoms with Gasteiger partial charge in [0.15, 0.2) is 0 Å². The van der Waals surface area contributed by atoms with Gasteiger partial charge in [0, 0.05) is 7.05 Å². The lowest BCUT2D eigenvalue weighted by molar-refractivity contribution is 0.271. The van der Waals surface area contributed by atoms with E-state index in [1.54, 1.807) is 25.2 Å². The van der Waals surface area contributed by atoms with E-state index in [9.17, 15) is 4.91 Å². The van der Waals surface area contributed by atoms with Crippen LogP contribution in [0.2, 0.25) is 0 Å². The minimum absolute atomic E-state index is 0.360. The van der Waals surface area contributed by atoms with E-state index in [2.05, 4.69) is 16.0 Å². The summed E-state index contributed by atoms with van der Waals surface area (Å²) < 4.78 is 0. The van der Waals surface area contributed by atoms with E-state index in [-0.39, 0.29) is 0 Å². The first-order chi connectivity index (χ1) is 6.31. The van der Waals surface area contributed by atoms with Crippen molar-refractivity contribution in [1.82, 2.24) is 0 Å². The molecule has 2 N–H and O–H groups in total. The summed E-state index contributed by atoms with van der Waals surface area (Å²) in [5, 5.41) is 5.76. The van der Waals surface area contributed by atoms with Crippen LogP contribution in [0, 0.1) is 4.91 Å². The Morgan fingerprint density at radius 2 is 2.15 bits per heavy atom. The maximum Gasteiger partial charge on any atom is 0.110 e. The topological polar surface area (TPSA) is 62.7 Å². The molecule has 0 atom stereocenters. The molecule has 5 heteroatoms. The van der Waals surface area contributed by atoms with Crippen molar-refractivity contribution in [3.63, 3.8) is 0 Å². The third-order valence-corrected chi connectivity index (χ3v) is 1.59. The van der Waals surface area contributed by atoms with Gasteiger partial charge in [-0.25, -0.2) is 0 Å². The van der Waals surface area contributed by atoms with Crippen molar-refractivity contribution < 1.29 is 4.84 Å². The molecule has 0 saturated carbocycles. The fraction of sp³-hybridized carbons (Fsp3) is 0.250. The van der Waals surface area contributed by atoms with Crippen LogP contribution in [0.1, 0.15) is 0 Å². The summed E-state index contributed by atoms with van der Waals surface area (Å²) in [5.74, 6) is 0. The van der Waals surface area contributed by atoms with Gasteiger partial charge in [-0.15, -0.1) is 4.91 Å². The number of nitrogens with zero attached hydrogens (tertiary/aromatic N) is 1. The second-order valence-electron chi connectivity index (χ2n) is 2.38. The SMILES string of the molecule is CNc1ccc(N=O)cc1NOC. The molecule has 1 aromatic carbocycles. The zero-order valence-electron chi connectivity index (χ0n) is 7.50. The summed E-state index contributed by atoms with van der Waals surface area (Å²) in [6.07, 6.45) is 0. The number of nitrogens with one attached hydrogen (secondary N) is 2. The molecule has 0 amide bonds. The van der Waals surface area contributed by atoms with Gasteiger partial charge in [0.25, 0.3) is 0 Å². The van der Waals surface area contributed by atoms with E-state index in [0.29, 0.717) is 11.4 Å². The smallest absolute Gasteiger partial charge is 0.110 e. The van der Waals surface area contributed by atoms with Crippen LogP contribution in [-0.4, -0.2) is 14.2 Å². The maximum absolute atomic E-state index is 10.2. The van der Waals surface area contributed by atoms with Crippen LogP contribution >= 0.6 is 0 Å². The van der Waals surface area contributed by atoms with Crippen LogP contribution < -0.4 is 10.8 Å². The molecular formula is C8H11N3O2. The molecule has 0 spiro atoms. The number of rotatable bonds is 4. The maximum atomic E-state index is 10.2. The van der Waals surface area contributed by atoms with Crippen molar-refractivity contribution in [1.29, 1.82) is 0 Å². The molecular weight excluding hydrogens is 170 g/mol. The minimum atomic E-state index is 0.360. The highest BCUT2D eigenvalue weighted by atomic mass is 16.6. The van der Waals surface area contributed by atoms with Crippen LogP contribution in [0.25, 0.3) is 0 Å². The summed E-state index contributed by atoms with van der Waals surface area (Å²) in [4.78, 5) is 15.0. The molecule has 1 rings (SSSR count). The standard InChI is InChI=1S/C8H11N3O2/c1-9-7-4-3-6(10-12)5-8(7)11-13-2/h3-5,9,11H,1-2H3. The van der Waals surface area contributed by atoms with E-state index in [0.717, 1.165) is 5.69 Å². The molecule has 5 nitrogen and oxygen atoms in total. The van der Waals surface area contributed by atoms with Crippen molar-refractivity contribution in [3.05, 3.63) is 23.1 Å². The molecule has 0 aromatic heterocycles. The van der Waals surface area contributed by atoms with Gasteiger partial charge in [0.2, 0.25) is 0 Å². The van der Waals surface area contributed by atoms with Crippen molar-refractivity contribution >= 4 is 17.1 Å². The van der Waals surface area contributed by atoms with Gasteiger partial charge in [0.05, 0.1) is 18.5 Å². The lowest BCUT2D eigenvalue weighted by Gasteiger charge is -2.09. The van der Waals surface area contributed by atoms with Gasteiger partial charge in [-0.05, 0) is 23.4 Å². The predicted molar refractivity (Wildman–Crippen MR) is 52.1 cm³/mol. The minimum Gasteiger partial charge on any atom is -0.386 e. The Kier molecular flexibility index (Phi) is 3.22. The van der Waals surface area contributed by atoms with Crippen molar-refractivity contribution in [2.45, 2.75) is 0 Å². The molecule has 70 valence electrons. The van der Waals surface area contributed by atoms with Crippen LogP contribution in [0.15, 0.2) is 23.4 Å².